The van der Waals surface area contributed by atoms with E-state index in [9.17, 15) is 0 Å². The highest BCUT2D eigenvalue weighted by Gasteiger charge is 2.39. The lowest BCUT2D eigenvalue weighted by Gasteiger charge is -2.48. The molecule has 0 aromatic heterocycles. The molecule has 2 unspecified atom stereocenters. The first-order valence-corrected chi connectivity index (χ1v) is 7.09. The van der Waals surface area contributed by atoms with Gasteiger partial charge in [0.15, 0.2) is 0 Å². The van der Waals surface area contributed by atoms with Crippen LogP contribution >= 0.6 is 0 Å². The first kappa shape index (κ1) is 15.9. The molecule has 108 valence electrons. The summed E-state index contributed by atoms with van der Waals surface area (Å²) in [4.78, 5) is 2.53. The van der Waals surface area contributed by atoms with Crippen molar-refractivity contribution < 1.29 is 9.47 Å². The number of methoxy groups -OCH3 is 1. The smallest absolute Gasteiger partial charge is 0.0589 e. The zero-order valence-electron chi connectivity index (χ0n) is 12.4. The van der Waals surface area contributed by atoms with Crippen LogP contribution in [0.4, 0.5) is 0 Å². The van der Waals surface area contributed by atoms with Crippen molar-refractivity contribution in [1.29, 1.82) is 0 Å². The summed E-state index contributed by atoms with van der Waals surface area (Å²) in [5, 5.41) is 0. The average molecular weight is 258 g/mol. The summed E-state index contributed by atoms with van der Waals surface area (Å²) in [7, 11) is 1.76. The molecule has 0 amide bonds. The van der Waals surface area contributed by atoms with Crippen LogP contribution in [0.15, 0.2) is 0 Å². The fraction of sp³-hybridized carbons (Fsp3) is 1.00. The molecular formula is C14H30N2O2. The summed E-state index contributed by atoms with van der Waals surface area (Å²) in [6.45, 7) is 11.0. The molecule has 1 saturated heterocycles. The summed E-state index contributed by atoms with van der Waals surface area (Å²) in [5.74, 6) is 0.642. The largest absolute Gasteiger partial charge is 0.383 e. The Balaban J connectivity index is 2.76. The van der Waals surface area contributed by atoms with Crippen LogP contribution in [0.2, 0.25) is 0 Å². The first-order chi connectivity index (χ1) is 8.54. The van der Waals surface area contributed by atoms with Crippen molar-refractivity contribution in [3.05, 3.63) is 0 Å². The molecule has 1 heterocycles. The molecule has 1 rings (SSSR count). The third kappa shape index (κ3) is 4.19. The minimum absolute atomic E-state index is 0.0977. The van der Waals surface area contributed by atoms with Crippen LogP contribution in [0, 0.1) is 5.92 Å². The van der Waals surface area contributed by atoms with Gasteiger partial charge in [-0.3, -0.25) is 4.90 Å². The van der Waals surface area contributed by atoms with E-state index in [1.807, 2.05) is 0 Å². The lowest BCUT2D eigenvalue weighted by atomic mass is 9.84. The van der Waals surface area contributed by atoms with Gasteiger partial charge in [0, 0.05) is 38.9 Å². The monoisotopic (exact) mass is 258 g/mol. The quantitative estimate of drug-likeness (QED) is 0.751. The lowest BCUT2D eigenvalue weighted by Crippen LogP contribution is -2.59. The Hall–Kier alpha value is -0.160. The Morgan fingerprint density at radius 1 is 1.50 bits per heavy atom. The molecule has 4 heteroatoms. The molecule has 1 aliphatic heterocycles. The summed E-state index contributed by atoms with van der Waals surface area (Å²) in [6.07, 6.45) is 2.36. The van der Waals surface area contributed by atoms with Gasteiger partial charge in [0.2, 0.25) is 0 Å². The molecule has 2 atom stereocenters. The van der Waals surface area contributed by atoms with Crippen molar-refractivity contribution in [2.24, 2.45) is 11.7 Å². The van der Waals surface area contributed by atoms with Gasteiger partial charge in [0.25, 0.3) is 0 Å². The Labute approximate surface area is 112 Å². The van der Waals surface area contributed by atoms with Crippen LogP contribution in [0.5, 0.6) is 0 Å². The van der Waals surface area contributed by atoms with Crippen molar-refractivity contribution in [3.8, 4) is 0 Å². The summed E-state index contributed by atoms with van der Waals surface area (Å²) in [5.41, 5.74) is 6.21. The third-order valence-corrected chi connectivity index (χ3v) is 3.84. The van der Waals surface area contributed by atoms with E-state index in [1.54, 1.807) is 7.11 Å². The molecule has 0 aromatic carbocycles. The fourth-order valence-corrected chi connectivity index (χ4v) is 2.91. The number of nitrogens with two attached hydrogens (primary N) is 1. The predicted octanol–water partition coefficient (Wildman–Crippen LogP) is 1.49. The highest BCUT2D eigenvalue weighted by atomic mass is 16.5. The number of hydrogen-bond donors (Lipinski definition) is 1. The van der Waals surface area contributed by atoms with Crippen molar-refractivity contribution in [2.45, 2.75) is 45.3 Å². The highest BCUT2D eigenvalue weighted by molar-refractivity contribution is 4.96. The molecule has 1 fully saturated rings. The molecule has 2 N–H and O–H groups in total. The molecule has 0 radical (unpaired) electrons. The van der Waals surface area contributed by atoms with E-state index in [0.717, 1.165) is 39.1 Å². The Morgan fingerprint density at radius 3 is 2.72 bits per heavy atom. The van der Waals surface area contributed by atoms with E-state index in [0.29, 0.717) is 18.6 Å². The van der Waals surface area contributed by atoms with E-state index in [2.05, 4.69) is 25.7 Å². The molecule has 4 nitrogen and oxygen atoms in total. The van der Waals surface area contributed by atoms with Crippen molar-refractivity contribution in [2.75, 3.05) is 40.0 Å². The van der Waals surface area contributed by atoms with Crippen LogP contribution in [-0.4, -0.2) is 56.5 Å². The van der Waals surface area contributed by atoms with Crippen LogP contribution in [0.1, 0.15) is 33.6 Å². The molecule has 18 heavy (non-hydrogen) atoms. The lowest BCUT2D eigenvalue weighted by molar-refractivity contribution is -0.0713. The van der Waals surface area contributed by atoms with Crippen molar-refractivity contribution >= 4 is 0 Å². The van der Waals surface area contributed by atoms with Gasteiger partial charge < -0.3 is 15.2 Å². The van der Waals surface area contributed by atoms with Gasteiger partial charge in [0.05, 0.1) is 12.7 Å². The van der Waals surface area contributed by atoms with Gasteiger partial charge in [-0.1, -0.05) is 13.8 Å². The van der Waals surface area contributed by atoms with Gasteiger partial charge in [-0.25, -0.2) is 0 Å². The van der Waals surface area contributed by atoms with Crippen LogP contribution in [-0.2, 0) is 9.47 Å². The molecule has 0 aliphatic carbocycles. The number of ether oxygens (including phenoxy) is 2. The van der Waals surface area contributed by atoms with Crippen molar-refractivity contribution in [3.63, 3.8) is 0 Å². The second-order valence-corrected chi connectivity index (χ2v) is 5.90. The molecule has 0 spiro atoms. The maximum Gasteiger partial charge on any atom is 0.0589 e. The van der Waals surface area contributed by atoms with Gasteiger partial charge in [-0.05, 0) is 25.7 Å². The van der Waals surface area contributed by atoms with Gasteiger partial charge in [-0.2, -0.15) is 0 Å². The number of rotatable bonds is 7. The molecule has 0 saturated carbocycles. The van der Waals surface area contributed by atoms with Crippen LogP contribution in [0.25, 0.3) is 0 Å². The Morgan fingerprint density at radius 2 is 2.22 bits per heavy atom. The predicted molar refractivity (Wildman–Crippen MR) is 74.7 cm³/mol. The SMILES string of the molecule is COCCN(CC(C)C)C1(CN)CCOC(C)C1. The molecule has 0 aromatic rings. The maximum absolute atomic E-state index is 6.11. The minimum atomic E-state index is 0.0977. The van der Waals surface area contributed by atoms with Crippen LogP contribution < -0.4 is 5.73 Å². The normalized spacial score (nSPS) is 29.2. The highest BCUT2D eigenvalue weighted by Crippen LogP contribution is 2.30. The summed E-state index contributed by atoms with van der Waals surface area (Å²) >= 11 is 0. The van der Waals surface area contributed by atoms with E-state index < -0.39 is 0 Å². The second kappa shape index (κ2) is 7.43. The van der Waals surface area contributed by atoms with Crippen molar-refractivity contribution in [1.82, 2.24) is 4.90 Å². The zero-order chi connectivity index (χ0) is 13.6. The molecule has 0 bridgehead atoms. The van der Waals surface area contributed by atoms with E-state index in [-0.39, 0.29) is 5.54 Å². The molecular weight excluding hydrogens is 228 g/mol. The maximum atomic E-state index is 6.11. The fourth-order valence-electron chi connectivity index (χ4n) is 2.91. The Kier molecular flexibility index (Phi) is 6.57. The summed E-state index contributed by atoms with van der Waals surface area (Å²) in [6, 6.07) is 0. The van der Waals surface area contributed by atoms with E-state index in [1.165, 1.54) is 0 Å². The Bertz CT molecular complexity index is 236. The standard InChI is InChI=1S/C14H30N2O2/c1-12(2)10-16(6-8-17-4)14(11-15)5-7-18-13(3)9-14/h12-13H,5-11,15H2,1-4H3. The van der Waals surface area contributed by atoms with Gasteiger partial charge >= 0.3 is 0 Å². The van der Waals surface area contributed by atoms with Gasteiger partial charge in [0.1, 0.15) is 0 Å². The topological polar surface area (TPSA) is 47.7 Å². The third-order valence-electron chi connectivity index (χ3n) is 3.84. The summed E-state index contributed by atoms with van der Waals surface area (Å²) < 4.78 is 10.9. The van der Waals surface area contributed by atoms with Gasteiger partial charge in [-0.15, -0.1) is 0 Å². The number of hydrogen-bond acceptors (Lipinski definition) is 4. The second-order valence-electron chi connectivity index (χ2n) is 5.90. The van der Waals surface area contributed by atoms with E-state index in [4.69, 9.17) is 15.2 Å². The zero-order valence-corrected chi connectivity index (χ0v) is 12.4. The van der Waals surface area contributed by atoms with E-state index >= 15 is 0 Å². The van der Waals surface area contributed by atoms with Crippen LogP contribution in [0.3, 0.4) is 0 Å². The average Bonchev–Trinajstić information content (AvgIpc) is 2.33. The molecule has 1 aliphatic rings. The number of nitrogens with zero attached hydrogens (tertiary/aromatic N) is 1. The first-order valence-electron chi connectivity index (χ1n) is 7.09. The minimum Gasteiger partial charge on any atom is -0.383 e.